The molecule has 0 unspecified atom stereocenters. The molecule has 122 valence electrons. The van der Waals surface area contributed by atoms with Crippen LogP contribution in [0.5, 0.6) is 0 Å². The van der Waals surface area contributed by atoms with Gasteiger partial charge in [-0.2, -0.15) is 0 Å². The highest BCUT2D eigenvalue weighted by Gasteiger charge is 2.57. The van der Waals surface area contributed by atoms with Crippen molar-refractivity contribution in [3.05, 3.63) is 0 Å². The summed E-state index contributed by atoms with van der Waals surface area (Å²) >= 11 is 0. The third-order valence-corrected chi connectivity index (χ3v) is 8.26. The Kier molecular flexibility index (Phi) is 3.51. The second-order valence-electron chi connectivity index (χ2n) is 9.00. The molecule has 4 aliphatic rings. The normalized spacial score (nSPS) is 50.9. The maximum absolute atomic E-state index is 12.1. The van der Waals surface area contributed by atoms with Crippen molar-refractivity contribution in [2.75, 3.05) is 0 Å². The van der Waals surface area contributed by atoms with Gasteiger partial charge in [0.15, 0.2) is 0 Å². The molecular formula is C20H30O2. The summed E-state index contributed by atoms with van der Waals surface area (Å²) in [6.07, 6.45) is 10.4. The summed E-state index contributed by atoms with van der Waals surface area (Å²) in [7, 11) is 0. The summed E-state index contributed by atoms with van der Waals surface area (Å²) in [4.78, 5) is 23.9. The predicted octanol–water partition coefficient (Wildman–Crippen LogP) is 4.41. The van der Waals surface area contributed by atoms with Crippen molar-refractivity contribution in [2.45, 2.75) is 71.6 Å². The molecule has 0 aromatic heterocycles. The van der Waals surface area contributed by atoms with Crippen LogP contribution in [0, 0.1) is 40.9 Å². The van der Waals surface area contributed by atoms with Crippen LogP contribution >= 0.6 is 0 Å². The van der Waals surface area contributed by atoms with Crippen molar-refractivity contribution in [3.63, 3.8) is 0 Å². The van der Waals surface area contributed by atoms with Gasteiger partial charge in [0.1, 0.15) is 11.6 Å². The smallest absolute Gasteiger partial charge is 0.133 e. The van der Waals surface area contributed by atoms with E-state index < -0.39 is 0 Å². The lowest BCUT2D eigenvalue weighted by molar-refractivity contribution is -0.132. The molecule has 0 bridgehead atoms. The van der Waals surface area contributed by atoms with Crippen LogP contribution in [-0.4, -0.2) is 11.6 Å². The first-order chi connectivity index (χ1) is 10.5. The van der Waals surface area contributed by atoms with Crippen molar-refractivity contribution in [3.8, 4) is 0 Å². The Morgan fingerprint density at radius 3 is 2.59 bits per heavy atom. The topological polar surface area (TPSA) is 34.1 Å². The lowest BCUT2D eigenvalue weighted by Crippen LogP contribution is -2.49. The number of Topliss-reactive ketones (excluding diaryl/α,β-unsaturated/α-hetero) is 2. The fourth-order valence-electron chi connectivity index (χ4n) is 7.33. The van der Waals surface area contributed by atoms with Gasteiger partial charge in [-0.05, 0) is 86.9 Å². The second kappa shape index (κ2) is 5.18. The molecule has 0 amide bonds. The molecule has 0 aromatic rings. The molecule has 0 N–H and O–H groups in total. The zero-order valence-electron chi connectivity index (χ0n) is 14.1. The maximum atomic E-state index is 12.1. The van der Waals surface area contributed by atoms with Gasteiger partial charge in [-0.15, -0.1) is 0 Å². The quantitative estimate of drug-likeness (QED) is 0.719. The average molecular weight is 302 g/mol. The third-order valence-electron chi connectivity index (χ3n) is 8.26. The van der Waals surface area contributed by atoms with Gasteiger partial charge in [-0.3, -0.25) is 9.59 Å². The monoisotopic (exact) mass is 302 g/mol. The van der Waals surface area contributed by atoms with Gasteiger partial charge in [0.25, 0.3) is 0 Å². The van der Waals surface area contributed by atoms with Gasteiger partial charge in [-0.25, -0.2) is 0 Å². The van der Waals surface area contributed by atoms with Crippen LogP contribution in [0.1, 0.15) is 71.6 Å². The molecule has 0 saturated heterocycles. The summed E-state index contributed by atoms with van der Waals surface area (Å²) in [5.74, 6) is 5.25. The van der Waals surface area contributed by atoms with Crippen molar-refractivity contribution >= 4 is 11.6 Å². The zero-order chi connectivity index (χ0) is 15.5. The van der Waals surface area contributed by atoms with Gasteiger partial charge in [0.2, 0.25) is 0 Å². The van der Waals surface area contributed by atoms with E-state index in [0.29, 0.717) is 23.4 Å². The molecule has 4 aliphatic carbocycles. The van der Waals surface area contributed by atoms with E-state index in [2.05, 4.69) is 6.92 Å². The first kappa shape index (κ1) is 14.9. The molecule has 4 saturated carbocycles. The van der Waals surface area contributed by atoms with Crippen LogP contribution in [0.3, 0.4) is 0 Å². The first-order valence-corrected chi connectivity index (χ1v) is 9.53. The number of carbonyl (C=O) groups excluding carboxylic acids is 2. The van der Waals surface area contributed by atoms with Gasteiger partial charge in [-0.1, -0.05) is 6.92 Å². The molecule has 0 spiro atoms. The minimum atomic E-state index is 0.282. The van der Waals surface area contributed by atoms with Crippen molar-refractivity contribution in [1.82, 2.24) is 0 Å². The molecule has 0 heterocycles. The molecule has 2 heteroatoms. The highest BCUT2D eigenvalue weighted by molar-refractivity contribution is 5.80. The third kappa shape index (κ3) is 2.05. The summed E-state index contributed by atoms with van der Waals surface area (Å²) < 4.78 is 0. The highest BCUT2D eigenvalue weighted by Crippen LogP contribution is 2.64. The SMILES string of the molecule is CC(=O)[C@@H]1CC[C@@H]2[C@@H]3CC[C@@H]4CC(=O)CC[C@@H]4[C@H]3CC[C@@]21C. The zero-order valence-corrected chi connectivity index (χ0v) is 14.1. The Morgan fingerprint density at radius 2 is 1.82 bits per heavy atom. The fraction of sp³-hybridized carbons (Fsp3) is 0.900. The van der Waals surface area contributed by atoms with Crippen LogP contribution < -0.4 is 0 Å². The van der Waals surface area contributed by atoms with Gasteiger partial charge in [0, 0.05) is 18.8 Å². The Balaban J connectivity index is 1.58. The minimum Gasteiger partial charge on any atom is -0.300 e. The van der Waals surface area contributed by atoms with Gasteiger partial charge < -0.3 is 0 Å². The average Bonchev–Trinajstić information content (AvgIpc) is 2.84. The number of fused-ring (bicyclic) bond motifs is 5. The summed E-state index contributed by atoms with van der Waals surface area (Å²) in [6.45, 7) is 4.23. The maximum Gasteiger partial charge on any atom is 0.133 e. The van der Waals surface area contributed by atoms with Crippen molar-refractivity contribution < 1.29 is 9.59 Å². The van der Waals surface area contributed by atoms with E-state index in [-0.39, 0.29) is 5.41 Å². The van der Waals surface area contributed by atoms with Crippen LogP contribution in [-0.2, 0) is 9.59 Å². The van der Waals surface area contributed by atoms with Gasteiger partial charge in [0.05, 0.1) is 0 Å². The number of carbonyl (C=O) groups is 2. The predicted molar refractivity (Wildman–Crippen MR) is 86.3 cm³/mol. The Morgan fingerprint density at radius 1 is 1.00 bits per heavy atom. The van der Waals surface area contributed by atoms with E-state index in [4.69, 9.17) is 0 Å². The molecule has 0 aromatic carbocycles. The molecular weight excluding hydrogens is 272 g/mol. The van der Waals surface area contributed by atoms with E-state index in [1.165, 1.54) is 32.1 Å². The Bertz CT molecular complexity index is 496. The van der Waals surface area contributed by atoms with E-state index in [0.717, 1.165) is 49.4 Å². The van der Waals surface area contributed by atoms with Gasteiger partial charge >= 0.3 is 0 Å². The summed E-state index contributed by atoms with van der Waals surface area (Å²) in [5.41, 5.74) is 0.282. The first-order valence-electron chi connectivity index (χ1n) is 9.53. The Hall–Kier alpha value is -0.660. The molecule has 0 aliphatic heterocycles. The van der Waals surface area contributed by atoms with Crippen LogP contribution in [0.25, 0.3) is 0 Å². The standard InChI is InChI=1S/C20H30O2/c1-12(21)18-7-8-19-17-5-3-13-11-14(22)4-6-15(13)16(17)9-10-20(18,19)2/h13,15-19H,3-11H2,1-2H3/t13-,15+,16-,17-,18+,19-,20-/m1/s1. The van der Waals surface area contributed by atoms with E-state index in [1.54, 1.807) is 0 Å². The van der Waals surface area contributed by atoms with E-state index in [1.807, 2.05) is 6.92 Å². The van der Waals surface area contributed by atoms with E-state index >= 15 is 0 Å². The van der Waals surface area contributed by atoms with Crippen LogP contribution in [0.4, 0.5) is 0 Å². The molecule has 22 heavy (non-hydrogen) atoms. The van der Waals surface area contributed by atoms with Crippen LogP contribution in [0.15, 0.2) is 0 Å². The fourth-order valence-corrected chi connectivity index (χ4v) is 7.33. The molecule has 4 rings (SSSR count). The summed E-state index contributed by atoms with van der Waals surface area (Å²) in [6, 6.07) is 0. The minimum absolute atomic E-state index is 0.282. The van der Waals surface area contributed by atoms with Crippen molar-refractivity contribution in [2.24, 2.45) is 40.9 Å². The summed E-state index contributed by atoms with van der Waals surface area (Å²) in [5, 5.41) is 0. The largest absolute Gasteiger partial charge is 0.300 e. The lowest BCUT2D eigenvalue weighted by atomic mass is 9.49. The number of ketones is 2. The second-order valence-corrected chi connectivity index (χ2v) is 9.00. The lowest BCUT2D eigenvalue weighted by Gasteiger charge is -2.55. The number of hydrogen-bond donors (Lipinski definition) is 0. The molecule has 7 atom stereocenters. The molecule has 4 fully saturated rings. The molecule has 2 nitrogen and oxygen atoms in total. The van der Waals surface area contributed by atoms with Crippen LogP contribution in [0.2, 0.25) is 0 Å². The van der Waals surface area contributed by atoms with E-state index in [9.17, 15) is 9.59 Å². The molecule has 0 radical (unpaired) electrons. The number of rotatable bonds is 1. The highest BCUT2D eigenvalue weighted by atomic mass is 16.1. The van der Waals surface area contributed by atoms with Crippen molar-refractivity contribution in [1.29, 1.82) is 0 Å². The Labute approximate surface area is 134 Å². The number of hydrogen-bond acceptors (Lipinski definition) is 2.